The van der Waals surface area contributed by atoms with E-state index in [4.69, 9.17) is 10.8 Å². The minimum Gasteiger partial charge on any atom is -0.393 e. The van der Waals surface area contributed by atoms with Gasteiger partial charge in [-0.1, -0.05) is 12.1 Å². The molecule has 0 radical (unpaired) electrons. The topological polar surface area (TPSA) is 66.5 Å². The van der Waals surface area contributed by atoms with Gasteiger partial charge in [-0.3, -0.25) is 0 Å². The van der Waals surface area contributed by atoms with Crippen LogP contribution in [0.4, 0.5) is 13.2 Å². The summed E-state index contributed by atoms with van der Waals surface area (Å²) < 4.78 is 41.8. The lowest BCUT2D eigenvalue weighted by Gasteiger charge is -2.31. The van der Waals surface area contributed by atoms with Crippen LogP contribution in [0.5, 0.6) is 0 Å². The van der Waals surface area contributed by atoms with E-state index < -0.39 is 35.6 Å². The fourth-order valence-corrected chi connectivity index (χ4v) is 1.53. The second-order valence-corrected chi connectivity index (χ2v) is 4.50. The van der Waals surface area contributed by atoms with Gasteiger partial charge in [-0.15, -0.1) is 0 Å². The number of alkyl halides is 2. The zero-order chi connectivity index (χ0) is 14.1. The fraction of sp³-hybridized carbons (Fsp3) is 0.500. The normalized spacial score (nSPS) is 17.3. The third-order valence-corrected chi connectivity index (χ3v) is 2.84. The molecule has 102 valence electrons. The molecular weight excluding hydrogens is 247 g/mol. The Bertz CT molecular complexity index is 433. The lowest BCUT2D eigenvalue weighted by atomic mass is 9.90. The minimum absolute atomic E-state index is 0.0686. The van der Waals surface area contributed by atoms with Gasteiger partial charge in [0.25, 0.3) is 0 Å². The first-order valence-electron chi connectivity index (χ1n) is 5.40. The highest BCUT2D eigenvalue weighted by molar-refractivity contribution is 5.32. The van der Waals surface area contributed by atoms with Crippen molar-refractivity contribution in [3.63, 3.8) is 0 Å². The molecule has 0 fully saturated rings. The fourth-order valence-electron chi connectivity index (χ4n) is 1.53. The summed E-state index contributed by atoms with van der Waals surface area (Å²) in [4.78, 5) is 0. The zero-order valence-electron chi connectivity index (χ0n) is 10.1. The van der Waals surface area contributed by atoms with E-state index in [0.29, 0.717) is 0 Å². The Morgan fingerprint density at radius 1 is 1.39 bits per heavy atom. The van der Waals surface area contributed by atoms with Gasteiger partial charge in [-0.25, -0.2) is 4.39 Å². The van der Waals surface area contributed by atoms with Crippen molar-refractivity contribution in [3.05, 3.63) is 35.1 Å². The highest BCUT2D eigenvalue weighted by Crippen LogP contribution is 2.40. The van der Waals surface area contributed by atoms with E-state index in [1.54, 1.807) is 0 Å². The van der Waals surface area contributed by atoms with Gasteiger partial charge in [0.05, 0.1) is 12.2 Å². The van der Waals surface area contributed by atoms with Gasteiger partial charge in [0.15, 0.2) is 5.60 Å². The van der Waals surface area contributed by atoms with E-state index in [-0.39, 0.29) is 5.56 Å². The van der Waals surface area contributed by atoms with Gasteiger partial charge in [-0.2, -0.15) is 8.78 Å². The first kappa shape index (κ1) is 14.9. The van der Waals surface area contributed by atoms with Crippen LogP contribution in [0.3, 0.4) is 0 Å². The summed E-state index contributed by atoms with van der Waals surface area (Å²) in [7, 11) is 0. The Labute approximate surface area is 103 Å². The van der Waals surface area contributed by atoms with Crippen LogP contribution < -0.4 is 5.73 Å². The van der Waals surface area contributed by atoms with E-state index in [1.165, 1.54) is 19.1 Å². The summed E-state index contributed by atoms with van der Waals surface area (Å²) in [5.74, 6) is -5.08. The first-order chi connectivity index (χ1) is 8.15. The van der Waals surface area contributed by atoms with E-state index >= 15 is 0 Å². The molecule has 0 bridgehead atoms. The van der Waals surface area contributed by atoms with Crippen LogP contribution in [-0.2, 0) is 5.92 Å². The molecule has 18 heavy (non-hydrogen) atoms. The standard InChI is InChI=1S/C12H16F3NO2/c1-7(16)8-4-3-5-9(10(8)13)12(14,15)11(2,18)6-17/h3-5,7,17-18H,6,16H2,1-2H3. The number of aliphatic hydroxyl groups is 2. The van der Waals surface area contributed by atoms with E-state index in [2.05, 4.69) is 0 Å². The van der Waals surface area contributed by atoms with Crippen LogP contribution in [0.25, 0.3) is 0 Å². The number of aliphatic hydroxyl groups excluding tert-OH is 1. The Hall–Kier alpha value is -1.11. The largest absolute Gasteiger partial charge is 0.393 e. The van der Waals surface area contributed by atoms with Crippen molar-refractivity contribution in [1.82, 2.24) is 0 Å². The van der Waals surface area contributed by atoms with Crippen molar-refractivity contribution in [2.45, 2.75) is 31.4 Å². The van der Waals surface area contributed by atoms with Gasteiger partial charge in [0.1, 0.15) is 5.82 Å². The Morgan fingerprint density at radius 3 is 2.39 bits per heavy atom. The third kappa shape index (κ3) is 2.36. The number of hydrogen-bond acceptors (Lipinski definition) is 3. The zero-order valence-corrected chi connectivity index (χ0v) is 10.1. The Morgan fingerprint density at radius 2 is 1.94 bits per heavy atom. The molecule has 0 aliphatic heterocycles. The maximum absolute atomic E-state index is 13.9. The van der Waals surface area contributed by atoms with Crippen molar-refractivity contribution >= 4 is 0 Å². The maximum atomic E-state index is 13.9. The van der Waals surface area contributed by atoms with Crippen LogP contribution in [0, 0.1) is 5.82 Å². The van der Waals surface area contributed by atoms with Gasteiger partial charge < -0.3 is 15.9 Å². The molecular formula is C12H16F3NO2. The molecule has 0 aliphatic rings. The minimum atomic E-state index is -3.92. The molecule has 0 aromatic heterocycles. The SMILES string of the molecule is CC(N)c1cccc(C(F)(F)C(C)(O)CO)c1F. The third-order valence-electron chi connectivity index (χ3n) is 2.84. The molecule has 1 rings (SSSR count). The number of hydrogen-bond donors (Lipinski definition) is 3. The number of benzene rings is 1. The van der Waals surface area contributed by atoms with E-state index in [0.717, 1.165) is 13.0 Å². The summed E-state index contributed by atoms with van der Waals surface area (Å²) in [6.45, 7) is 1.01. The smallest absolute Gasteiger partial charge is 0.306 e. The molecule has 0 saturated heterocycles. The molecule has 6 heteroatoms. The van der Waals surface area contributed by atoms with Gasteiger partial charge >= 0.3 is 5.92 Å². The summed E-state index contributed by atoms with van der Waals surface area (Å²) in [5.41, 5.74) is 1.68. The predicted octanol–water partition coefficient (Wildman–Crippen LogP) is 1.68. The molecule has 3 nitrogen and oxygen atoms in total. The van der Waals surface area contributed by atoms with Crippen LogP contribution in [-0.4, -0.2) is 22.4 Å². The molecule has 4 N–H and O–H groups in total. The van der Waals surface area contributed by atoms with Crippen LogP contribution in [0.2, 0.25) is 0 Å². The lowest BCUT2D eigenvalue weighted by Crippen LogP contribution is -2.47. The molecule has 0 spiro atoms. The lowest BCUT2D eigenvalue weighted by molar-refractivity contribution is -0.197. The molecule has 2 unspecified atom stereocenters. The first-order valence-corrected chi connectivity index (χ1v) is 5.40. The van der Waals surface area contributed by atoms with Gasteiger partial charge in [0.2, 0.25) is 0 Å². The van der Waals surface area contributed by atoms with Crippen molar-refractivity contribution in [2.24, 2.45) is 5.73 Å². The molecule has 1 aromatic carbocycles. The highest BCUT2D eigenvalue weighted by Gasteiger charge is 2.51. The van der Waals surface area contributed by atoms with Crippen molar-refractivity contribution in [3.8, 4) is 0 Å². The Kier molecular flexibility index (Phi) is 4.05. The predicted molar refractivity (Wildman–Crippen MR) is 60.6 cm³/mol. The number of rotatable bonds is 4. The average molecular weight is 263 g/mol. The van der Waals surface area contributed by atoms with Crippen molar-refractivity contribution in [2.75, 3.05) is 6.61 Å². The summed E-state index contributed by atoms with van der Waals surface area (Å²) in [6.07, 6.45) is 0. The second-order valence-electron chi connectivity index (χ2n) is 4.50. The van der Waals surface area contributed by atoms with Crippen LogP contribution in [0.1, 0.15) is 31.0 Å². The summed E-state index contributed by atoms with van der Waals surface area (Å²) >= 11 is 0. The number of nitrogens with two attached hydrogens (primary N) is 1. The highest BCUT2D eigenvalue weighted by atomic mass is 19.3. The summed E-state index contributed by atoms with van der Waals surface area (Å²) in [5, 5.41) is 18.2. The van der Waals surface area contributed by atoms with Gasteiger partial charge in [-0.05, 0) is 19.9 Å². The van der Waals surface area contributed by atoms with Gasteiger partial charge in [0, 0.05) is 11.6 Å². The van der Waals surface area contributed by atoms with Crippen LogP contribution in [0.15, 0.2) is 18.2 Å². The number of halogens is 3. The summed E-state index contributed by atoms with van der Waals surface area (Å²) in [6, 6.07) is 2.65. The Balaban J connectivity index is 3.38. The van der Waals surface area contributed by atoms with E-state index in [1.807, 2.05) is 0 Å². The quantitative estimate of drug-likeness (QED) is 0.774. The molecule has 0 aliphatic carbocycles. The van der Waals surface area contributed by atoms with Crippen LogP contribution >= 0.6 is 0 Å². The van der Waals surface area contributed by atoms with E-state index in [9.17, 15) is 18.3 Å². The molecule has 1 aromatic rings. The molecule has 0 amide bonds. The van der Waals surface area contributed by atoms with Crippen molar-refractivity contribution < 1.29 is 23.4 Å². The monoisotopic (exact) mass is 263 g/mol. The second kappa shape index (κ2) is 4.87. The van der Waals surface area contributed by atoms with Crippen molar-refractivity contribution in [1.29, 1.82) is 0 Å². The molecule has 0 heterocycles. The maximum Gasteiger partial charge on any atom is 0.306 e. The molecule has 2 atom stereocenters. The molecule has 0 saturated carbocycles. The average Bonchev–Trinajstić information content (AvgIpc) is 2.28.